The van der Waals surface area contributed by atoms with Gasteiger partial charge >= 0.3 is 0 Å². The SMILES string of the molecule is CCCNC(Cc1nccn1C)C1CCOCC1. The summed E-state index contributed by atoms with van der Waals surface area (Å²) in [6.07, 6.45) is 8.46. The summed E-state index contributed by atoms with van der Waals surface area (Å²) in [5, 5.41) is 3.70. The molecular weight excluding hydrogens is 226 g/mol. The van der Waals surface area contributed by atoms with Crippen LogP contribution in [0.1, 0.15) is 32.0 Å². The van der Waals surface area contributed by atoms with Crippen LogP contribution in [-0.2, 0) is 18.2 Å². The van der Waals surface area contributed by atoms with Gasteiger partial charge in [-0.2, -0.15) is 0 Å². The molecule has 1 fully saturated rings. The van der Waals surface area contributed by atoms with E-state index in [1.54, 1.807) is 0 Å². The minimum atomic E-state index is 0.537. The van der Waals surface area contributed by atoms with Crippen molar-refractivity contribution in [1.29, 1.82) is 0 Å². The van der Waals surface area contributed by atoms with Crippen LogP contribution in [0.25, 0.3) is 0 Å². The topological polar surface area (TPSA) is 39.1 Å². The molecule has 2 heterocycles. The molecule has 0 spiro atoms. The van der Waals surface area contributed by atoms with Gasteiger partial charge in [-0.1, -0.05) is 6.92 Å². The molecule has 0 aliphatic carbocycles. The van der Waals surface area contributed by atoms with E-state index < -0.39 is 0 Å². The third-order valence-corrected chi connectivity index (χ3v) is 3.81. The van der Waals surface area contributed by atoms with Crippen molar-refractivity contribution in [3.8, 4) is 0 Å². The van der Waals surface area contributed by atoms with E-state index in [0.29, 0.717) is 6.04 Å². The first-order valence-corrected chi connectivity index (χ1v) is 7.08. The smallest absolute Gasteiger partial charge is 0.109 e. The van der Waals surface area contributed by atoms with E-state index in [9.17, 15) is 0 Å². The third kappa shape index (κ3) is 3.56. The first-order valence-electron chi connectivity index (χ1n) is 7.08. The lowest BCUT2D eigenvalue weighted by Gasteiger charge is -2.31. The summed E-state index contributed by atoms with van der Waals surface area (Å²) in [6.45, 7) is 5.13. The van der Waals surface area contributed by atoms with E-state index in [1.807, 2.05) is 12.4 Å². The highest BCUT2D eigenvalue weighted by Gasteiger charge is 2.24. The van der Waals surface area contributed by atoms with Gasteiger partial charge in [0.1, 0.15) is 5.82 Å². The van der Waals surface area contributed by atoms with Gasteiger partial charge in [0.15, 0.2) is 0 Å². The molecule has 2 rings (SSSR count). The van der Waals surface area contributed by atoms with Crippen molar-refractivity contribution in [2.24, 2.45) is 13.0 Å². The van der Waals surface area contributed by atoms with Crippen LogP contribution in [0.2, 0.25) is 0 Å². The molecule has 18 heavy (non-hydrogen) atoms. The van der Waals surface area contributed by atoms with E-state index >= 15 is 0 Å². The maximum atomic E-state index is 5.46. The predicted octanol–water partition coefficient (Wildman–Crippen LogP) is 1.76. The summed E-state index contributed by atoms with van der Waals surface area (Å²) in [6, 6.07) is 0.537. The quantitative estimate of drug-likeness (QED) is 0.837. The average molecular weight is 251 g/mol. The molecule has 1 N–H and O–H groups in total. The van der Waals surface area contributed by atoms with Crippen molar-refractivity contribution in [2.75, 3.05) is 19.8 Å². The number of hydrogen-bond donors (Lipinski definition) is 1. The number of ether oxygens (including phenoxy) is 1. The van der Waals surface area contributed by atoms with Gasteiger partial charge in [0, 0.05) is 45.1 Å². The lowest BCUT2D eigenvalue weighted by molar-refractivity contribution is 0.0534. The third-order valence-electron chi connectivity index (χ3n) is 3.81. The Morgan fingerprint density at radius 3 is 2.89 bits per heavy atom. The summed E-state index contributed by atoms with van der Waals surface area (Å²) in [5.74, 6) is 1.90. The van der Waals surface area contributed by atoms with E-state index in [4.69, 9.17) is 4.74 Å². The highest BCUT2D eigenvalue weighted by molar-refractivity contribution is 4.96. The van der Waals surface area contributed by atoms with Crippen LogP contribution in [0.5, 0.6) is 0 Å². The Morgan fingerprint density at radius 2 is 2.28 bits per heavy atom. The Hall–Kier alpha value is -0.870. The number of rotatable bonds is 6. The Kier molecular flexibility index (Phi) is 5.20. The normalized spacial score (nSPS) is 19.0. The standard InChI is InChI=1S/C14H25N3O/c1-3-6-15-13(12-4-9-18-10-5-12)11-14-16-7-8-17(14)2/h7-8,12-13,15H,3-6,9-11H2,1-2H3. The van der Waals surface area contributed by atoms with Gasteiger partial charge in [-0.25, -0.2) is 4.98 Å². The zero-order valence-electron chi connectivity index (χ0n) is 11.6. The first kappa shape index (κ1) is 13.6. The predicted molar refractivity (Wildman–Crippen MR) is 72.5 cm³/mol. The summed E-state index contributed by atoms with van der Waals surface area (Å²) in [5.41, 5.74) is 0. The molecule has 0 amide bonds. The molecule has 4 heteroatoms. The Labute approximate surface area is 110 Å². The van der Waals surface area contributed by atoms with Gasteiger partial charge in [0.25, 0.3) is 0 Å². The molecule has 4 nitrogen and oxygen atoms in total. The molecule has 1 aromatic heterocycles. The van der Waals surface area contributed by atoms with Crippen molar-refractivity contribution in [2.45, 2.75) is 38.6 Å². The number of aryl methyl sites for hydroxylation is 1. The monoisotopic (exact) mass is 251 g/mol. The largest absolute Gasteiger partial charge is 0.381 e. The van der Waals surface area contributed by atoms with Crippen LogP contribution in [0, 0.1) is 5.92 Å². The Morgan fingerprint density at radius 1 is 1.50 bits per heavy atom. The van der Waals surface area contributed by atoms with E-state index in [-0.39, 0.29) is 0 Å². The number of imidazole rings is 1. The number of nitrogens with zero attached hydrogens (tertiary/aromatic N) is 2. The van der Waals surface area contributed by atoms with Crippen LogP contribution in [0.15, 0.2) is 12.4 Å². The highest BCUT2D eigenvalue weighted by atomic mass is 16.5. The second-order valence-electron chi connectivity index (χ2n) is 5.17. The molecule has 102 valence electrons. The molecule has 1 aliphatic rings. The minimum Gasteiger partial charge on any atom is -0.381 e. The van der Waals surface area contributed by atoms with Gasteiger partial charge in [-0.15, -0.1) is 0 Å². The van der Waals surface area contributed by atoms with E-state index in [2.05, 4.69) is 28.8 Å². The van der Waals surface area contributed by atoms with Crippen LogP contribution in [0.3, 0.4) is 0 Å². The highest BCUT2D eigenvalue weighted by Crippen LogP contribution is 2.21. The van der Waals surface area contributed by atoms with Gasteiger partial charge in [-0.05, 0) is 31.7 Å². The van der Waals surface area contributed by atoms with Gasteiger partial charge in [0.05, 0.1) is 0 Å². The molecule has 0 aromatic carbocycles. The molecule has 0 bridgehead atoms. The molecule has 1 aromatic rings. The van der Waals surface area contributed by atoms with Crippen molar-refractivity contribution in [1.82, 2.24) is 14.9 Å². The molecule has 0 radical (unpaired) electrons. The van der Waals surface area contributed by atoms with Crippen molar-refractivity contribution in [3.05, 3.63) is 18.2 Å². The first-order chi connectivity index (χ1) is 8.81. The molecule has 0 saturated carbocycles. The average Bonchev–Trinajstić information content (AvgIpc) is 2.81. The minimum absolute atomic E-state index is 0.537. The van der Waals surface area contributed by atoms with E-state index in [0.717, 1.165) is 32.1 Å². The summed E-state index contributed by atoms with van der Waals surface area (Å²) in [4.78, 5) is 4.45. The summed E-state index contributed by atoms with van der Waals surface area (Å²) < 4.78 is 7.59. The number of aromatic nitrogens is 2. The Balaban J connectivity index is 1.97. The van der Waals surface area contributed by atoms with Crippen LogP contribution in [-0.4, -0.2) is 35.4 Å². The maximum absolute atomic E-state index is 5.46. The van der Waals surface area contributed by atoms with Crippen molar-refractivity contribution in [3.63, 3.8) is 0 Å². The molecule has 1 atom stereocenters. The lowest BCUT2D eigenvalue weighted by atomic mass is 9.89. The second kappa shape index (κ2) is 6.90. The zero-order valence-corrected chi connectivity index (χ0v) is 11.6. The molecular formula is C14H25N3O. The fourth-order valence-corrected chi connectivity index (χ4v) is 2.64. The van der Waals surface area contributed by atoms with E-state index in [1.165, 1.54) is 25.1 Å². The zero-order chi connectivity index (χ0) is 12.8. The van der Waals surface area contributed by atoms with Crippen molar-refractivity contribution < 1.29 is 4.74 Å². The fraction of sp³-hybridized carbons (Fsp3) is 0.786. The second-order valence-corrected chi connectivity index (χ2v) is 5.17. The van der Waals surface area contributed by atoms with Gasteiger partial charge in [-0.3, -0.25) is 0 Å². The lowest BCUT2D eigenvalue weighted by Crippen LogP contribution is -2.41. The molecule has 1 unspecified atom stereocenters. The summed E-state index contributed by atoms with van der Waals surface area (Å²) in [7, 11) is 2.07. The Bertz CT molecular complexity index is 345. The van der Waals surface area contributed by atoms with Gasteiger partial charge < -0.3 is 14.6 Å². The van der Waals surface area contributed by atoms with Crippen LogP contribution < -0.4 is 5.32 Å². The fourth-order valence-electron chi connectivity index (χ4n) is 2.64. The molecule has 1 aliphatic heterocycles. The van der Waals surface area contributed by atoms with Gasteiger partial charge in [0.2, 0.25) is 0 Å². The molecule has 1 saturated heterocycles. The van der Waals surface area contributed by atoms with Crippen LogP contribution >= 0.6 is 0 Å². The summed E-state index contributed by atoms with van der Waals surface area (Å²) >= 11 is 0. The maximum Gasteiger partial charge on any atom is 0.109 e. The number of hydrogen-bond acceptors (Lipinski definition) is 3. The van der Waals surface area contributed by atoms with Crippen molar-refractivity contribution >= 4 is 0 Å². The number of nitrogens with one attached hydrogen (secondary N) is 1. The van der Waals surface area contributed by atoms with Crippen LogP contribution in [0.4, 0.5) is 0 Å².